The highest BCUT2D eigenvalue weighted by Crippen LogP contribution is 2.34. The zero-order valence-corrected chi connectivity index (χ0v) is 22.8. The topological polar surface area (TPSA) is 148 Å². The summed E-state index contributed by atoms with van der Waals surface area (Å²) in [6.07, 6.45) is 3.33. The number of rotatable bonds is 9. The van der Waals surface area contributed by atoms with Crippen LogP contribution in [-0.2, 0) is 14.4 Å². The van der Waals surface area contributed by atoms with E-state index >= 15 is 0 Å². The maximum Gasteiger partial charge on any atom is 0.294 e. The number of carbonyl (C=O) groups is 4. The highest BCUT2D eigenvalue weighted by atomic mass is 32.2. The number of non-ortho nitro benzene ring substituents is 1. The summed E-state index contributed by atoms with van der Waals surface area (Å²) in [7, 11) is 1.41. The van der Waals surface area contributed by atoms with Crippen molar-refractivity contribution in [1.82, 2.24) is 9.80 Å². The van der Waals surface area contributed by atoms with Crippen LogP contribution in [0.3, 0.4) is 0 Å². The molecular formula is C27H28N4O8S. The van der Waals surface area contributed by atoms with E-state index in [9.17, 15) is 29.3 Å². The van der Waals surface area contributed by atoms with E-state index in [0.29, 0.717) is 24.6 Å². The second kappa shape index (κ2) is 12.6. The summed E-state index contributed by atoms with van der Waals surface area (Å²) in [6, 6.07) is 10.3. The van der Waals surface area contributed by atoms with Crippen LogP contribution in [0.1, 0.15) is 25.3 Å². The average molecular weight is 569 g/mol. The van der Waals surface area contributed by atoms with Gasteiger partial charge >= 0.3 is 0 Å². The quantitative estimate of drug-likeness (QED) is 0.270. The van der Waals surface area contributed by atoms with E-state index < -0.39 is 22.0 Å². The SMILES string of the molecule is COc1cc(/C=C2\SC(=O)N(CC(=O)N3CCC(C)CC3)C2=O)ccc1OCC(=O)Nc1cccc([N+](=O)[O-])c1. The molecule has 0 aliphatic carbocycles. The van der Waals surface area contributed by atoms with Gasteiger partial charge < -0.3 is 19.7 Å². The number of nitro groups is 1. The van der Waals surface area contributed by atoms with Gasteiger partial charge in [-0.1, -0.05) is 19.1 Å². The minimum absolute atomic E-state index is 0.155. The minimum Gasteiger partial charge on any atom is -0.493 e. The van der Waals surface area contributed by atoms with Gasteiger partial charge in [0, 0.05) is 30.9 Å². The smallest absolute Gasteiger partial charge is 0.294 e. The highest BCUT2D eigenvalue weighted by Gasteiger charge is 2.37. The molecule has 2 fully saturated rings. The van der Waals surface area contributed by atoms with Gasteiger partial charge in [0.1, 0.15) is 6.54 Å². The van der Waals surface area contributed by atoms with Crippen molar-refractivity contribution in [2.45, 2.75) is 19.8 Å². The van der Waals surface area contributed by atoms with Gasteiger partial charge in [0.25, 0.3) is 22.7 Å². The van der Waals surface area contributed by atoms with E-state index in [2.05, 4.69) is 12.2 Å². The third kappa shape index (κ3) is 6.97. The number of hydrogen-bond acceptors (Lipinski definition) is 9. The van der Waals surface area contributed by atoms with Crippen molar-refractivity contribution >= 4 is 52.2 Å². The Morgan fingerprint density at radius 3 is 2.60 bits per heavy atom. The molecule has 0 saturated carbocycles. The number of amides is 4. The van der Waals surface area contributed by atoms with E-state index in [1.54, 1.807) is 23.1 Å². The first-order chi connectivity index (χ1) is 19.1. The number of methoxy groups -OCH3 is 1. The largest absolute Gasteiger partial charge is 0.493 e. The molecule has 40 heavy (non-hydrogen) atoms. The zero-order valence-electron chi connectivity index (χ0n) is 22.0. The number of hydrogen-bond donors (Lipinski definition) is 1. The maximum atomic E-state index is 12.9. The number of nitrogens with zero attached hydrogens (tertiary/aromatic N) is 3. The molecule has 2 aliphatic rings. The molecule has 12 nitrogen and oxygen atoms in total. The lowest BCUT2D eigenvalue weighted by Crippen LogP contribution is -2.45. The lowest BCUT2D eigenvalue weighted by Gasteiger charge is -2.31. The van der Waals surface area contributed by atoms with Crippen molar-refractivity contribution < 1.29 is 33.6 Å². The predicted molar refractivity (Wildman–Crippen MR) is 148 cm³/mol. The molecule has 2 saturated heterocycles. The molecule has 2 aromatic rings. The van der Waals surface area contributed by atoms with E-state index in [4.69, 9.17) is 9.47 Å². The molecule has 0 atom stereocenters. The summed E-state index contributed by atoms with van der Waals surface area (Å²) < 4.78 is 10.9. The summed E-state index contributed by atoms with van der Waals surface area (Å²) >= 11 is 0.762. The van der Waals surface area contributed by atoms with Crippen LogP contribution in [0.2, 0.25) is 0 Å². The Hall–Kier alpha value is -4.39. The van der Waals surface area contributed by atoms with Crippen LogP contribution in [0, 0.1) is 16.0 Å². The lowest BCUT2D eigenvalue weighted by atomic mass is 9.99. The summed E-state index contributed by atoms with van der Waals surface area (Å²) in [6.45, 7) is 2.70. The fraction of sp³-hybridized carbons (Fsp3) is 0.333. The van der Waals surface area contributed by atoms with Crippen molar-refractivity contribution in [2.24, 2.45) is 5.92 Å². The Labute approximate surface area is 234 Å². The van der Waals surface area contributed by atoms with Crippen LogP contribution >= 0.6 is 11.8 Å². The minimum atomic E-state index is -0.561. The normalized spacial score (nSPS) is 16.8. The Balaban J connectivity index is 1.37. The molecule has 0 radical (unpaired) electrons. The third-order valence-corrected chi connectivity index (χ3v) is 7.40. The number of thioether (sulfide) groups is 1. The summed E-state index contributed by atoms with van der Waals surface area (Å²) in [5, 5.41) is 12.9. The number of benzene rings is 2. The summed E-state index contributed by atoms with van der Waals surface area (Å²) in [5.41, 5.74) is 0.649. The lowest BCUT2D eigenvalue weighted by molar-refractivity contribution is -0.384. The molecule has 13 heteroatoms. The number of imide groups is 1. The van der Waals surface area contributed by atoms with Gasteiger partial charge in [-0.3, -0.25) is 34.2 Å². The van der Waals surface area contributed by atoms with Crippen molar-refractivity contribution in [2.75, 3.05) is 38.7 Å². The number of ether oxygens (including phenoxy) is 2. The van der Waals surface area contributed by atoms with Gasteiger partial charge in [0.2, 0.25) is 5.91 Å². The fourth-order valence-electron chi connectivity index (χ4n) is 4.21. The van der Waals surface area contributed by atoms with Crippen LogP contribution in [0.4, 0.5) is 16.2 Å². The Morgan fingerprint density at radius 2 is 1.90 bits per heavy atom. The fourth-order valence-corrected chi connectivity index (χ4v) is 5.05. The van der Waals surface area contributed by atoms with E-state index in [0.717, 1.165) is 29.5 Å². The number of anilines is 1. The van der Waals surface area contributed by atoms with Crippen LogP contribution < -0.4 is 14.8 Å². The second-order valence-corrected chi connectivity index (χ2v) is 10.4. The summed E-state index contributed by atoms with van der Waals surface area (Å²) in [4.78, 5) is 63.5. The Morgan fingerprint density at radius 1 is 1.15 bits per heavy atom. The Kier molecular flexibility index (Phi) is 9.04. The van der Waals surface area contributed by atoms with Gasteiger partial charge in [-0.15, -0.1) is 0 Å². The van der Waals surface area contributed by atoms with Gasteiger partial charge in [0.15, 0.2) is 18.1 Å². The number of carbonyl (C=O) groups excluding carboxylic acids is 4. The van der Waals surface area contributed by atoms with Crippen LogP contribution in [0.5, 0.6) is 11.5 Å². The van der Waals surface area contributed by atoms with E-state index in [-0.39, 0.29) is 46.8 Å². The zero-order chi connectivity index (χ0) is 28.8. The van der Waals surface area contributed by atoms with Crippen LogP contribution in [0.25, 0.3) is 6.08 Å². The highest BCUT2D eigenvalue weighted by molar-refractivity contribution is 8.18. The second-order valence-electron chi connectivity index (χ2n) is 9.39. The number of piperidine rings is 1. The molecule has 0 bridgehead atoms. The molecule has 0 aromatic heterocycles. The van der Waals surface area contributed by atoms with E-state index in [1.165, 1.54) is 37.5 Å². The average Bonchev–Trinajstić information content (AvgIpc) is 3.19. The monoisotopic (exact) mass is 568 g/mol. The van der Waals surface area contributed by atoms with E-state index in [1.807, 2.05) is 0 Å². The van der Waals surface area contributed by atoms with Crippen LogP contribution in [-0.4, -0.2) is 71.0 Å². The Bertz CT molecular complexity index is 1370. The van der Waals surface area contributed by atoms with Gasteiger partial charge in [-0.25, -0.2) is 0 Å². The van der Waals surface area contributed by atoms with Crippen molar-refractivity contribution in [3.63, 3.8) is 0 Å². The summed E-state index contributed by atoms with van der Waals surface area (Å²) in [5.74, 6) is -0.225. The standard InChI is InChI=1S/C27H28N4O8S/c1-17-8-10-29(11-9-17)25(33)15-30-26(34)23(40-27(30)35)13-18-6-7-21(22(12-18)38-2)39-16-24(32)28-19-4-3-5-20(14-19)31(36)37/h3-7,12-14,17H,8-11,15-16H2,1-2H3,(H,28,32)/b23-13-. The maximum absolute atomic E-state index is 12.9. The van der Waals surface area contributed by atoms with Gasteiger partial charge in [-0.05, 0) is 60.4 Å². The first kappa shape index (κ1) is 28.6. The van der Waals surface area contributed by atoms with Crippen LogP contribution in [0.15, 0.2) is 47.4 Å². The molecule has 2 heterocycles. The number of nitrogens with one attached hydrogen (secondary N) is 1. The predicted octanol–water partition coefficient (Wildman–Crippen LogP) is 3.92. The van der Waals surface area contributed by atoms with Crippen molar-refractivity contribution in [3.8, 4) is 11.5 Å². The molecule has 2 aliphatic heterocycles. The first-order valence-electron chi connectivity index (χ1n) is 12.5. The molecule has 210 valence electrons. The molecule has 4 rings (SSSR count). The number of nitro benzene ring substituents is 1. The molecule has 2 aromatic carbocycles. The molecule has 1 N–H and O–H groups in total. The van der Waals surface area contributed by atoms with Crippen molar-refractivity contribution in [1.29, 1.82) is 0 Å². The third-order valence-electron chi connectivity index (χ3n) is 6.49. The molecule has 4 amide bonds. The molecule has 0 spiro atoms. The van der Waals surface area contributed by atoms with Gasteiger partial charge in [0.05, 0.1) is 16.9 Å². The molecular weight excluding hydrogens is 540 g/mol. The molecule has 0 unspecified atom stereocenters. The van der Waals surface area contributed by atoms with Gasteiger partial charge in [-0.2, -0.15) is 0 Å². The van der Waals surface area contributed by atoms with Crippen molar-refractivity contribution in [3.05, 3.63) is 63.0 Å². The first-order valence-corrected chi connectivity index (χ1v) is 13.3. The number of likely N-dealkylation sites (tertiary alicyclic amines) is 1.